The Hall–Kier alpha value is -1.96. The summed E-state index contributed by atoms with van der Waals surface area (Å²) in [6.07, 6.45) is 5.86. The van der Waals surface area contributed by atoms with Crippen LogP contribution in [0, 0.1) is 22.0 Å². The van der Waals surface area contributed by atoms with Crippen molar-refractivity contribution in [2.45, 2.75) is 39.2 Å². The minimum Gasteiger partial charge on any atom is -0.358 e. The van der Waals surface area contributed by atoms with Gasteiger partial charge in [0.15, 0.2) is 0 Å². The summed E-state index contributed by atoms with van der Waals surface area (Å²) < 4.78 is 1.61. The first-order chi connectivity index (χ1) is 12.0. The van der Waals surface area contributed by atoms with Crippen LogP contribution in [0.25, 0.3) is 0 Å². The highest BCUT2D eigenvalue weighted by molar-refractivity contribution is 5.79. The van der Waals surface area contributed by atoms with Gasteiger partial charge in [-0.1, -0.05) is 6.92 Å². The Labute approximate surface area is 147 Å². The van der Waals surface area contributed by atoms with E-state index in [2.05, 4.69) is 16.9 Å². The Morgan fingerprint density at radius 3 is 2.72 bits per heavy atom. The quantitative estimate of drug-likeness (QED) is 0.597. The van der Waals surface area contributed by atoms with E-state index in [1.807, 2.05) is 4.90 Å². The number of nitrogens with zero attached hydrogens (tertiary/aromatic N) is 5. The molecule has 3 heterocycles. The molecule has 0 bridgehead atoms. The van der Waals surface area contributed by atoms with E-state index in [9.17, 15) is 14.9 Å². The van der Waals surface area contributed by atoms with Gasteiger partial charge in [-0.15, -0.1) is 0 Å². The molecule has 8 heteroatoms. The molecule has 0 aromatic carbocycles. The third-order valence-corrected chi connectivity index (χ3v) is 5.41. The molecule has 25 heavy (non-hydrogen) atoms. The van der Waals surface area contributed by atoms with Gasteiger partial charge in [-0.2, -0.15) is 4.68 Å². The van der Waals surface area contributed by atoms with Gasteiger partial charge in [0.25, 0.3) is 0 Å². The number of likely N-dealkylation sites (tertiary alicyclic amines) is 2. The van der Waals surface area contributed by atoms with E-state index in [4.69, 9.17) is 0 Å². The number of amides is 1. The molecule has 1 aromatic rings. The minimum atomic E-state index is -0.481. The summed E-state index contributed by atoms with van der Waals surface area (Å²) in [5.41, 5.74) is 0. The van der Waals surface area contributed by atoms with Crippen molar-refractivity contribution in [2.75, 3.05) is 32.7 Å². The summed E-state index contributed by atoms with van der Waals surface area (Å²) >= 11 is 0. The van der Waals surface area contributed by atoms with Crippen molar-refractivity contribution in [2.24, 2.45) is 11.8 Å². The van der Waals surface area contributed by atoms with Crippen molar-refractivity contribution in [3.63, 3.8) is 0 Å². The van der Waals surface area contributed by atoms with Crippen LogP contribution in [-0.2, 0) is 11.3 Å². The Morgan fingerprint density at radius 1 is 1.28 bits per heavy atom. The van der Waals surface area contributed by atoms with Gasteiger partial charge in [0, 0.05) is 26.2 Å². The molecule has 1 atom stereocenters. The first-order valence-electron chi connectivity index (χ1n) is 9.22. The summed E-state index contributed by atoms with van der Waals surface area (Å²) in [4.78, 5) is 27.3. The van der Waals surface area contributed by atoms with Crippen molar-refractivity contribution in [3.05, 3.63) is 22.4 Å². The van der Waals surface area contributed by atoms with Gasteiger partial charge < -0.3 is 19.9 Å². The number of carbonyl (C=O) groups excluding carboxylic acids is 1. The average Bonchev–Trinajstić information content (AvgIpc) is 3.10. The lowest BCUT2D eigenvalue weighted by Crippen LogP contribution is -2.47. The molecule has 0 aliphatic carbocycles. The molecule has 3 rings (SSSR count). The summed E-state index contributed by atoms with van der Waals surface area (Å²) in [5, 5.41) is 14.6. The van der Waals surface area contributed by atoms with Crippen LogP contribution in [0.1, 0.15) is 32.6 Å². The van der Waals surface area contributed by atoms with Gasteiger partial charge in [-0.05, 0) is 43.1 Å². The van der Waals surface area contributed by atoms with Crippen molar-refractivity contribution in [1.82, 2.24) is 19.6 Å². The number of carbonyl (C=O) groups is 1. The number of rotatable bonds is 5. The smallest absolute Gasteiger partial charge is 0.358 e. The van der Waals surface area contributed by atoms with Gasteiger partial charge in [-0.3, -0.25) is 4.79 Å². The van der Waals surface area contributed by atoms with Gasteiger partial charge in [0.2, 0.25) is 5.91 Å². The number of hydrogen-bond donors (Lipinski definition) is 0. The van der Waals surface area contributed by atoms with Crippen molar-refractivity contribution < 1.29 is 9.72 Å². The highest BCUT2D eigenvalue weighted by Crippen LogP contribution is 2.23. The average molecular weight is 349 g/mol. The topological polar surface area (TPSA) is 84.5 Å². The summed E-state index contributed by atoms with van der Waals surface area (Å²) in [6, 6.07) is 1.42. The molecule has 2 aliphatic heterocycles. The molecule has 2 fully saturated rings. The fourth-order valence-corrected chi connectivity index (χ4v) is 3.76. The molecule has 2 saturated heterocycles. The maximum absolute atomic E-state index is 12.8. The third-order valence-electron chi connectivity index (χ3n) is 5.41. The third kappa shape index (κ3) is 4.56. The molecule has 0 spiro atoms. The van der Waals surface area contributed by atoms with E-state index in [0.717, 1.165) is 64.3 Å². The molecular weight excluding hydrogens is 322 g/mol. The number of piperidine rings is 2. The normalized spacial score (nSPS) is 22.9. The number of nitro groups is 1. The van der Waals surface area contributed by atoms with Crippen LogP contribution in [0.5, 0.6) is 0 Å². The Balaban J connectivity index is 1.48. The van der Waals surface area contributed by atoms with Gasteiger partial charge in [0.05, 0.1) is 29.8 Å². The van der Waals surface area contributed by atoms with Crippen LogP contribution < -0.4 is 0 Å². The van der Waals surface area contributed by atoms with Gasteiger partial charge >= 0.3 is 5.82 Å². The minimum absolute atomic E-state index is 0.0918. The van der Waals surface area contributed by atoms with Crippen LogP contribution in [0.4, 0.5) is 5.82 Å². The zero-order valence-corrected chi connectivity index (χ0v) is 14.8. The maximum Gasteiger partial charge on any atom is 0.389 e. The highest BCUT2D eigenvalue weighted by atomic mass is 16.6. The maximum atomic E-state index is 12.8. The molecule has 2 aliphatic rings. The molecule has 8 nitrogen and oxygen atoms in total. The lowest BCUT2D eigenvalue weighted by molar-refractivity contribution is -0.389. The number of hydrogen-bond acceptors (Lipinski definition) is 5. The lowest BCUT2D eigenvalue weighted by atomic mass is 9.93. The monoisotopic (exact) mass is 349 g/mol. The van der Waals surface area contributed by atoms with E-state index >= 15 is 0 Å². The van der Waals surface area contributed by atoms with Gasteiger partial charge in [0.1, 0.15) is 0 Å². The molecule has 0 saturated carbocycles. The van der Waals surface area contributed by atoms with E-state index < -0.39 is 4.92 Å². The van der Waals surface area contributed by atoms with Crippen molar-refractivity contribution in [3.8, 4) is 0 Å². The molecule has 0 N–H and O–H groups in total. The second kappa shape index (κ2) is 7.95. The zero-order chi connectivity index (χ0) is 17.8. The first kappa shape index (κ1) is 17.8. The zero-order valence-electron chi connectivity index (χ0n) is 14.8. The molecule has 1 amide bonds. The van der Waals surface area contributed by atoms with Crippen LogP contribution in [0.2, 0.25) is 0 Å². The van der Waals surface area contributed by atoms with E-state index in [1.165, 1.54) is 6.07 Å². The van der Waals surface area contributed by atoms with Crippen LogP contribution >= 0.6 is 0 Å². The van der Waals surface area contributed by atoms with Gasteiger partial charge in [-0.25, -0.2) is 0 Å². The predicted molar refractivity (Wildman–Crippen MR) is 93.0 cm³/mol. The summed E-state index contributed by atoms with van der Waals surface area (Å²) in [5.74, 6) is 1.01. The second-order valence-corrected chi connectivity index (χ2v) is 7.34. The van der Waals surface area contributed by atoms with Crippen LogP contribution in [0.15, 0.2) is 12.3 Å². The highest BCUT2D eigenvalue weighted by Gasteiger charge is 2.30. The standard InChI is InChI=1S/C17H27N5O3/c1-14-4-8-20(9-5-14)17(23)15-3-2-7-19(13-15)11-12-21-10-6-16(18-21)22(24)25/h6,10,14-15H,2-5,7-9,11-13H2,1H3/t15-/m1/s1. The van der Waals surface area contributed by atoms with E-state index in [0.29, 0.717) is 12.5 Å². The molecule has 138 valence electrons. The largest absolute Gasteiger partial charge is 0.389 e. The second-order valence-electron chi connectivity index (χ2n) is 7.34. The molecule has 0 radical (unpaired) electrons. The van der Waals surface area contributed by atoms with Crippen molar-refractivity contribution in [1.29, 1.82) is 0 Å². The SMILES string of the molecule is CC1CCN(C(=O)[C@@H]2CCCN(CCn3ccc([N+](=O)[O-])n3)C2)CC1. The van der Waals surface area contributed by atoms with Crippen LogP contribution in [0.3, 0.4) is 0 Å². The summed E-state index contributed by atoms with van der Waals surface area (Å²) in [6.45, 7) is 7.18. The Morgan fingerprint density at radius 2 is 2.04 bits per heavy atom. The van der Waals surface area contributed by atoms with E-state index in [-0.39, 0.29) is 11.7 Å². The number of aromatic nitrogens is 2. The van der Waals surface area contributed by atoms with E-state index in [1.54, 1.807) is 10.9 Å². The summed E-state index contributed by atoms with van der Waals surface area (Å²) in [7, 11) is 0. The first-order valence-corrected chi connectivity index (χ1v) is 9.22. The Kier molecular flexibility index (Phi) is 5.67. The van der Waals surface area contributed by atoms with Crippen LogP contribution in [-0.4, -0.2) is 63.1 Å². The van der Waals surface area contributed by atoms with Crippen molar-refractivity contribution >= 4 is 11.7 Å². The molecular formula is C17H27N5O3. The predicted octanol–water partition coefficient (Wildman–Crippen LogP) is 1.76. The fraction of sp³-hybridized carbons (Fsp3) is 0.765. The molecule has 1 aromatic heterocycles. The Bertz CT molecular complexity index is 609. The lowest BCUT2D eigenvalue weighted by Gasteiger charge is -2.37. The fourth-order valence-electron chi connectivity index (χ4n) is 3.76. The molecule has 0 unspecified atom stereocenters.